The molecule has 4 heteroatoms. The largest absolute Gasteiger partial charge is 0.310 e. The fraction of sp³-hybridized carbons (Fsp3) is 0.0638. The number of fused-ring (bicyclic) bond motifs is 5. The summed E-state index contributed by atoms with van der Waals surface area (Å²) in [5, 5.41) is 21.8. The van der Waals surface area contributed by atoms with Gasteiger partial charge in [0.05, 0.1) is 45.7 Å². The molecule has 7 aromatic carbocycles. The average Bonchev–Trinajstić information content (AvgIpc) is 3.52. The standard InChI is InChI=1S/C47H32N4/c1-47(2)41-16-5-9-20-45(41)51(46-21-10-6-17-42(46)47)38-27-36(34-13-11-12-33(25-34)35-23-31(29-48)22-32(24-35)30-49)26-37(28-38)50-43-18-7-3-14-39(43)40-15-4-8-19-44(40)50/h3-28H,1-2H3. The summed E-state index contributed by atoms with van der Waals surface area (Å²) in [5.74, 6) is 0. The summed E-state index contributed by atoms with van der Waals surface area (Å²) in [5.41, 5.74) is 13.9. The first kappa shape index (κ1) is 30.2. The second-order valence-corrected chi connectivity index (χ2v) is 13.7. The Bertz CT molecular complexity index is 2630. The zero-order valence-electron chi connectivity index (χ0n) is 28.3. The lowest BCUT2D eigenvalue weighted by Crippen LogP contribution is -2.30. The number of nitrogens with zero attached hydrogens (tertiary/aromatic N) is 4. The van der Waals surface area contributed by atoms with Crippen molar-refractivity contribution in [3.63, 3.8) is 0 Å². The summed E-state index contributed by atoms with van der Waals surface area (Å²) >= 11 is 0. The van der Waals surface area contributed by atoms with Crippen LogP contribution < -0.4 is 4.90 Å². The SMILES string of the molecule is CC1(C)c2ccccc2N(c2cc(-c3cccc(-c4cc(C#N)cc(C#N)c4)c3)cc(-n3c4ccccc4c4ccccc43)c2)c2ccccc21. The van der Waals surface area contributed by atoms with E-state index in [0.717, 1.165) is 56.0 Å². The van der Waals surface area contributed by atoms with Crippen molar-refractivity contribution in [2.24, 2.45) is 0 Å². The van der Waals surface area contributed by atoms with Crippen molar-refractivity contribution in [2.45, 2.75) is 19.3 Å². The highest BCUT2D eigenvalue weighted by molar-refractivity contribution is 6.09. The Morgan fingerprint density at radius 2 is 0.941 bits per heavy atom. The molecule has 2 heterocycles. The molecule has 0 unspecified atom stereocenters. The van der Waals surface area contributed by atoms with E-state index in [9.17, 15) is 10.5 Å². The molecule has 1 aliphatic heterocycles. The number of benzene rings is 7. The van der Waals surface area contributed by atoms with Gasteiger partial charge in [0.15, 0.2) is 0 Å². The van der Waals surface area contributed by atoms with Gasteiger partial charge >= 0.3 is 0 Å². The third kappa shape index (κ3) is 4.81. The van der Waals surface area contributed by atoms with Crippen LogP contribution in [-0.2, 0) is 5.41 Å². The molecule has 0 saturated carbocycles. The van der Waals surface area contributed by atoms with Crippen LogP contribution in [0.4, 0.5) is 17.1 Å². The van der Waals surface area contributed by atoms with Crippen molar-refractivity contribution in [2.75, 3.05) is 4.90 Å². The number of hydrogen-bond acceptors (Lipinski definition) is 3. The number of rotatable bonds is 4. The van der Waals surface area contributed by atoms with Crippen molar-refractivity contribution < 1.29 is 0 Å². The molecule has 1 aromatic heterocycles. The van der Waals surface area contributed by atoms with Crippen LogP contribution in [0.3, 0.4) is 0 Å². The summed E-state index contributed by atoms with van der Waals surface area (Å²) in [6.07, 6.45) is 0. The molecule has 51 heavy (non-hydrogen) atoms. The first-order chi connectivity index (χ1) is 24.9. The summed E-state index contributed by atoms with van der Waals surface area (Å²) < 4.78 is 2.38. The van der Waals surface area contributed by atoms with Crippen LogP contribution in [0.2, 0.25) is 0 Å². The summed E-state index contributed by atoms with van der Waals surface area (Å²) in [6, 6.07) is 59.8. The molecule has 0 aliphatic carbocycles. The molecule has 0 spiro atoms. The molecule has 8 aromatic rings. The molecular weight excluding hydrogens is 621 g/mol. The lowest BCUT2D eigenvalue weighted by Gasteiger charge is -2.42. The molecule has 0 N–H and O–H groups in total. The predicted molar refractivity (Wildman–Crippen MR) is 208 cm³/mol. The van der Waals surface area contributed by atoms with Crippen LogP contribution in [0.5, 0.6) is 0 Å². The lowest BCUT2D eigenvalue weighted by molar-refractivity contribution is 0.632. The fourth-order valence-corrected chi connectivity index (χ4v) is 7.97. The Balaban J connectivity index is 1.33. The minimum Gasteiger partial charge on any atom is -0.310 e. The Morgan fingerprint density at radius 3 is 1.51 bits per heavy atom. The van der Waals surface area contributed by atoms with Crippen LogP contribution in [-0.4, -0.2) is 4.57 Å². The molecule has 4 nitrogen and oxygen atoms in total. The van der Waals surface area contributed by atoms with Crippen LogP contribution in [0, 0.1) is 22.7 Å². The lowest BCUT2D eigenvalue weighted by atomic mass is 9.73. The van der Waals surface area contributed by atoms with Gasteiger partial charge in [-0.2, -0.15) is 10.5 Å². The van der Waals surface area contributed by atoms with E-state index < -0.39 is 0 Å². The van der Waals surface area contributed by atoms with Gasteiger partial charge in [0.25, 0.3) is 0 Å². The van der Waals surface area contributed by atoms with Gasteiger partial charge in [0, 0.05) is 27.6 Å². The van der Waals surface area contributed by atoms with E-state index in [2.05, 4.69) is 169 Å². The normalized spacial score (nSPS) is 13.0. The smallest absolute Gasteiger partial charge is 0.0992 e. The maximum Gasteiger partial charge on any atom is 0.0992 e. The van der Waals surface area contributed by atoms with Crippen molar-refractivity contribution in [1.82, 2.24) is 4.57 Å². The maximum absolute atomic E-state index is 9.69. The molecule has 0 atom stereocenters. The fourth-order valence-electron chi connectivity index (χ4n) is 7.97. The molecule has 0 saturated heterocycles. The monoisotopic (exact) mass is 652 g/mol. The van der Waals surface area contributed by atoms with E-state index in [4.69, 9.17) is 0 Å². The second kappa shape index (κ2) is 11.6. The first-order valence-electron chi connectivity index (χ1n) is 17.1. The van der Waals surface area contributed by atoms with E-state index >= 15 is 0 Å². The quantitative estimate of drug-likeness (QED) is 0.190. The Morgan fingerprint density at radius 1 is 0.451 bits per heavy atom. The maximum atomic E-state index is 9.69. The molecule has 0 amide bonds. The van der Waals surface area contributed by atoms with Crippen LogP contribution >= 0.6 is 0 Å². The Hall–Kier alpha value is -6.88. The molecule has 0 radical (unpaired) electrons. The van der Waals surface area contributed by atoms with Gasteiger partial charge in [-0.1, -0.05) is 105 Å². The van der Waals surface area contributed by atoms with Crippen molar-refractivity contribution >= 4 is 38.9 Å². The van der Waals surface area contributed by atoms with Crippen LogP contribution in [0.25, 0.3) is 49.7 Å². The van der Waals surface area contributed by atoms with Crippen molar-refractivity contribution in [1.29, 1.82) is 10.5 Å². The Labute approximate surface area is 297 Å². The first-order valence-corrected chi connectivity index (χ1v) is 17.1. The zero-order chi connectivity index (χ0) is 34.7. The minimum atomic E-state index is -0.175. The molecular formula is C47H32N4. The van der Waals surface area contributed by atoms with Gasteiger partial charge in [-0.15, -0.1) is 0 Å². The van der Waals surface area contributed by atoms with Gasteiger partial charge in [0.2, 0.25) is 0 Å². The van der Waals surface area contributed by atoms with Crippen molar-refractivity contribution in [3.05, 3.63) is 180 Å². The highest BCUT2D eigenvalue weighted by Crippen LogP contribution is 2.52. The summed E-state index contributed by atoms with van der Waals surface area (Å²) in [7, 11) is 0. The van der Waals surface area contributed by atoms with Crippen molar-refractivity contribution in [3.8, 4) is 40.1 Å². The van der Waals surface area contributed by atoms with Gasteiger partial charge in [0.1, 0.15) is 0 Å². The topological polar surface area (TPSA) is 55.8 Å². The van der Waals surface area contributed by atoms with E-state index in [-0.39, 0.29) is 5.41 Å². The molecule has 9 rings (SSSR count). The highest BCUT2D eigenvalue weighted by Gasteiger charge is 2.36. The van der Waals surface area contributed by atoms with E-state index in [1.807, 2.05) is 18.2 Å². The second-order valence-electron chi connectivity index (χ2n) is 13.7. The van der Waals surface area contributed by atoms with Crippen LogP contribution in [0.15, 0.2) is 158 Å². The number of anilines is 3. The Kier molecular flexibility index (Phi) is 6.88. The molecule has 1 aliphatic rings. The number of para-hydroxylation sites is 4. The van der Waals surface area contributed by atoms with E-state index in [1.165, 1.54) is 21.9 Å². The van der Waals surface area contributed by atoms with Gasteiger partial charge < -0.3 is 9.47 Å². The minimum absolute atomic E-state index is 0.175. The van der Waals surface area contributed by atoms with Gasteiger partial charge in [-0.3, -0.25) is 0 Å². The number of nitriles is 2. The molecule has 0 bridgehead atoms. The summed E-state index contributed by atoms with van der Waals surface area (Å²) in [4.78, 5) is 2.41. The zero-order valence-corrected chi connectivity index (χ0v) is 28.3. The molecule has 0 fully saturated rings. The third-order valence-electron chi connectivity index (χ3n) is 10.4. The van der Waals surface area contributed by atoms with Gasteiger partial charge in [-0.05, 0) is 100 Å². The van der Waals surface area contributed by atoms with Gasteiger partial charge in [-0.25, -0.2) is 0 Å². The number of aromatic nitrogens is 1. The summed E-state index contributed by atoms with van der Waals surface area (Å²) in [6.45, 7) is 4.62. The van der Waals surface area contributed by atoms with Crippen LogP contribution in [0.1, 0.15) is 36.1 Å². The predicted octanol–water partition coefficient (Wildman–Crippen LogP) is 12.0. The third-order valence-corrected chi connectivity index (χ3v) is 10.4. The average molecular weight is 653 g/mol. The van der Waals surface area contributed by atoms with E-state index in [0.29, 0.717) is 11.1 Å². The number of hydrogen-bond donors (Lipinski definition) is 0. The highest BCUT2D eigenvalue weighted by atomic mass is 15.2. The van der Waals surface area contributed by atoms with E-state index in [1.54, 1.807) is 6.07 Å². The molecule has 240 valence electrons.